The molecule has 0 spiro atoms. The number of nitrogens with zero attached hydrogens (tertiary/aromatic N) is 2. The minimum Gasteiger partial charge on any atom is -0.490 e. The number of rotatable bonds is 28. The molecule has 0 unspecified atom stereocenters. The molecule has 232 valence electrons. The molecule has 41 heavy (non-hydrogen) atoms. The summed E-state index contributed by atoms with van der Waals surface area (Å²) >= 11 is 0. The van der Waals surface area contributed by atoms with Gasteiger partial charge in [0.05, 0.1) is 19.0 Å². The van der Waals surface area contributed by atoms with Gasteiger partial charge in [-0.15, -0.1) is 0 Å². The van der Waals surface area contributed by atoms with Gasteiger partial charge in [-0.1, -0.05) is 179 Å². The molecule has 2 aromatic rings. The molecule has 0 N–H and O–H groups in total. The topological polar surface area (TPSA) is 35.0 Å². The van der Waals surface area contributed by atoms with E-state index in [2.05, 4.69) is 48.1 Å². The lowest BCUT2D eigenvalue weighted by Crippen LogP contribution is -1.99. The molecule has 1 aromatic heterocycles. The molecule has 0 atom stereocenters. The van der Waals surface area contributed by atoms with Crippen LogP contribution >= 0.6 is 0 Å². The summed E-state index contributed by atoms with van der Waals surface area (Å²) in [4.78, 5) is 9.12. The average molecular weight is 565 g/mol. The molecule has 0 aliphatic heterocycles. The predicted octanol–water partition coefficient (Wildman–Crippen LogP) is 12.5. The zero-order chi connectivity index (χ0) is 29.1. The Hall–Kier alpha value is -1.90. The highest BCUT2D eigenvalue weighted by Crippen LogP contribution is 2.19. The van der Waals surface area contributed by atoms with Crippen molar-refractivity contribution in [3.63, 3.8) is 0 Å². The van der Waals surface area contributed by atoms with Gasteiger partial charge in [-0.25, -0.2) is 9.97 Å². The second-order valence-corrected chi connectivity index (χ2v) is 12.3. The number of hydrogen-bond acceptors (Lipinski definition) is 3. The van der Waals surface area contributed by atoms with Gasteiger partial charge in [0, 0.05) is 5.56 Å². The summed E-state index contributed by atoms with van der Waals surface area (Å²) in [6, 6.07) is 8.82. The van der Waals surface area contributed by atoms with Gasteiger partial charge in [0.2, 0.25) is 0 Å². The zero-order valence-corrected chi connectivity index (χ0v) is 27.2. The highest BCUT2D eigenvalue weighted by atomic mass is 16.5. The third-order valence-corrected chi connectivity index (χ3v) is 8.43. The third kappa shape index (κ3) is 19.0. The maximum atomic E-state index is 5.89. The van der Waals surface area contributed by atoms with Gasteiger partial charge in [-0.3, -0.25) is 0 Å². The van der Waals surface area contributed by atoms with E-state index in [1.807, 2.05) is 12.4 Å². The first-order valence-corrected chi connectivity index (χ1v) is 17.9. The molecule has 0 fully saturated rings. The fourth-order valence-corrected chi connectivity index (χ4v) is 5.66. The molecule has 2 rings (SSSR count). The van der Waals surface area contributed by atoms with Crippen LogP contribution in [0.2, 0.25) is 0 Å². The normalized spacial score (nSPS) is 11.3. The number of aryl methyl sites for hydroxylation is 1. The summed E-state index contributed by atoms with van der Waals surface area (Å²) in [5.74, 6) is 1.56. The van der Waals surface area contributed by atoms with Gasteiger partial charge >= 0.3 is 0 Å². The first-order chi connectivity index (χ1) is 20.3. The summed E-state index contributed by atoms with van der Waals surface area (Å²) in [5.41, 5.74) is 2.50. The maximum absolute atomic E-state index is 5.89. The molecular weight excluding hydrogens is 500 g/mol. The van der Waals surface area contributed by atoms with Crippen molar-refractivity contribution in [2.24, 2.45) is 0 Å². The molecule has 3 heteroatoms. The lowest BCUT2D eigenvalue weighted by Gasteiger charge is -2.07. The van der Waals surface area contributed by atoms with Gasteiger partial charge in [0.1, 0.15) is 0 Å². The summed E-state index contributed by atoms with van der Waals surface area (Å²) < 4.78 is 5.89. The van der Waals surface area contributed by atoms with E-state index in [1.54, 1.807) is 0 Å². The molecule has 3 nitrogen and oxygen atoms in total. The summed E-state index contributed by atoms with van der Waals surface area (Å²) in [7, 11) is 0. The fourth-order valence-electron chi connectivity index (χ4n) is 5.66. The Morgan fingerprint density at radius 3 is 1.29 bits per heavy atom. The van der Waals surface area contributed by atoms with E-state index < -0.39 is 0 Å². The van der Waals surface area contributed by atoms with Crippen molar-refractivity contribution in [1.29, 1.82) is 0 Å². The minimum absolute atomic E-state index is 0.758. The van der Waals surface area contributed by atoms with E-state index in [0.717, 1.165) is 30.2 Å². The van der Waals surface area contributed by atoms with Gasteiger partial charge in [0.25, 0.3) is 0 Å². The van der Waals surface area contributed by atoms with E-state index in [4.69, 9.17) is 4.74 Å². The number of benzene rings is 1. The summed E-state index contributed by atoms with van der Waals surface area (Å²) in [6.07, 6.45) is 37.9. The van der Waals surface area contributed by atoms with E-state index >= 15 is 0 Å². The second kappa shape index (κ2) is 25.8. The summed E-state index contributed by atoms with van der Waals surface area (Å²) in [5, 5.41) is 0. The van der Waals surface area contributed by atoms with Gasteiger partial charge in [-0.05, 0) is 24.8 Å². The smallest absolute Gasteiger partial charge is 0.159 e. The molecule has 0 saturated carbocycles. The van der Waals surface area contributed by atoms with Crippen LogP contribution in [0, 0.1) is 0 Å². The monoisotopic (exact) mass is 565 g/mol. The Labute approximate surface area is 254 Å². The van der Waals surface area contributed by atoms with Crippen LogP contribution in [0.3, 0.4) is 0 Å². The molecule has 1 heterocycles. The lowest BCUT2D eigenvalue weighted by molar-refractivity contribution is 0.302. The predicted molar refractivity (Wildman–Crippen MR) is 179 cm³/mol. The standard InChI is InChI=1S/C38H64N2O/c1-3-5-7-9-11-13-15-17-19-21-23-25-27-35-28-30-36(31-29-35)38-39-33-37(34-40-38)41-32-26-24-22-20-18-16-14-12-10-8-6-4-2/h28-31,33-34H,3-27,32H2,1-2H3. The van der Waals surface area contributed by atoms with Crippen LogP contribution in [0.25, 0.3) is 11.4 Å². The molecule has 0 saturated heterocycles. The Balaban J connectivity index is 1.46. The van der Waals surface area contributed by atoms with Gasteiger partial charge in [0.15, 0.2) is 11.6 Å². The first-order valence-electron chi connectivity index (χ1n) is 17.9. The molecule has 0 amide bonds. The van der Waals surface area contributed by atoms with Crippen molar-refractivity contribution in [1.82, 2.24) is 9.97 Å². The Bertz CT molecular complexity index is 817. The third-order valence-electron chi connectivity index (χ3n) is 8.43. The fraction of sp³-hybridized carbons (Fsp3) is 0.737. The van der Waals surface area contributed by atoms with Crippen molar-refractivity contribution in [2.45, 2.75) is 174 Å². The van der Waals surface area contributed by atoms with Crippen molar-refractivity contribution in [2.75, 3.05) is 6.61 Å². The quantitative estimate of drug-likeness (QED) is 0.0964. The van der Waals surface area contributed by atoms with Gasteiger partial charge in [-0.2, -0.15) is 0 Å². The highest BCUT2D eigenvalue weighted by molar-refractivity contribution is 5.55. The van der Waals surface area contributed by atoms with Crippen molar-refractivity contribution < 1.29 is 4.74 Å². The Kier molecular flexibility index (Phi) is 22.2. The van der Waals surface area contributed by atoms with Crippen LogP contribution in [0.1, 0.15) is 174 Å². The minimum atomic E-state index is 0.758. The first kappa shape index (κ1) is 35.3. The van der Waals surface area contributed by atoms with Crippen LogP contribution in [0.4, 0.5) is 0 Å². The largest absolute Gasteiger partial charge is 0.490 e. The molecule has 0 radical (unpaired) electrons. The van der Waals surface area contributed by atoms with Crippen molar-refractivity contribution >= 4 is 0 Å². The van der Waals surface area contributed by atoms with Crippen LogP contribution in [0.15, 0.2) is 36.7 Å². The van der Waals surface area contributed by atoms with E-state index in [0.29, 0.717) is 0 Å². The van der Waals surface area contributed by atoms with Gasteiger partial charge < -0.3 is 4.74 Å². The van der Waals surface area contributed by atoms with E-state index in [9.17, 15) is 0 Å². The van der Waals surface area contributed by atoms with Crippen LogP contribution in [-0.4, -0.2) is 16.6 Å². The maximum Gasteiger partial charge on any atom is 0.159 e. The van der Waals surface area contributed by atoms with Crippen LogP contribution in [0.5, 0.6) is 5.75 Å². The number of unbranched alkanes of at least 4 members (excludes halogenated alkanes) is 22. The highest BCUT2D eigenvalue weighted by Gasteiger charge is 2.03. The molecule has 0 bridgehead atoms. The van der Waals surface area contributed by atoms with E-state index in [1.165, 1.54) is 160 Å². The molecule has 0 aliphatic carbocycles. The number of ether oxygens (including phenoxy) is 1. The van der Waals surface area contributed by atoms with E-state index in [-0.39, 0.29) is 0 Å². The number of aromatic nitrogens is 2. The molecule has 1 aromatic carbocycles. The lowest BCUT2D eigenvalue weighted by atomic mass is 10.0. The summed E-state index contributed by atoms with van der Waals surface area (Å²) in [6.45, 7) is 5.34. The van der Waals surface area contributed by atoms with Crippen LogP contribution < -0.4 is 4.74 Å². The average Bonchev–Trinajstić information content (AvgIpc) is 3.00. The second-order valence-electron chi connectivity index (χ2n) is 12.3. The Morgan fingerprint density at radius 1 is 0.463 bits per heavy atom. The molecule has 0 aliphatic rings. The SMILES string of the molecule is CCCCCCCCCCCCCCOc1cnc(-c2ccc(CCCCCCCCCCCCCC)cc2)nc1. The zero-order valence-electron chi connectivity index (χ0n) is 27.2. The Morgan fingerprint density at radius 2 is 0.854 bits per heavy atom. The van der Waals surface area contributed by atoms with Crippen LogP contribution in [-0.2, 0) is 6.42 Å². The van der Waals surface area contributed by atoms with Crippen molar-refractivity contribution in [3.8, 4) is 17.1 Å². The van der Waals surface area contributed by atoms with Crippen molar-refractivity contribution in [3.05, 3.63) is 42.2 Å². The number of hydrogen-bond donors (Lipinski definition) is 0. The molecular formula is C38H64N2O.